The van der Waals surface area contributed by atoms with E-state index in [9.17, 15) is 10.2 Å². The smallest absolute Gasteiger partial charge is 0.202 e. The van der Waals surface area contributed by atoms with Gasteiger partial charge in [0.25, 0.3) is 0 Å². The summed E-state index contributed by atoms with van der Waals surface area (Å²) >= 11 is 9.40. The first-order chi connectivity index (χ1) is 9.09. The number of benzene rings is 1. The van der Waals surface area contributed by atoms with Gasteiger partial charge in [-0.05, 0) is 59.8 Å². The lowest BCUT2D eigenvalue weighted by Gasteiger charge is -2.09. The monoisotopic (exact) mass is 341 g/mol. The van der Waals surface area contributed by atoms with Crippen molar-refractivity contribution in [3.8, 4) is 17.4 Å². The van der Waals surface area contributed by atoms with Gasteiger partial charge >= 0.3 is 0 Å². The number of halogens is 2. The van der Waals surface area contributed by atoms with Crippen molar-refractivity contribution < 1.29 is 10.2 Å². The van der Waals surface area contributed by atoms with Crippen molar-refractivity contribution in [1.82, 2.24) is 4.57 Å². The summed E-state index contributed by atoms with van der Waals surface area (Å²) in [5.41, 5.74) is 2.39. The zero-order chi connectivity index (χ0) is 13.6. The van der Waals surface area contributed by atoms with E-state index in [0.717, 1.165) is 41.3 Å². The van der Waals surface area contributed by atoms with Gasteiger partial charge in [0.15, 0.2) is 0 Å². The topological polar surface area (TPSA) is 45.4 Å². The van der Waals surface area contributed by atoms with Crippen LogP contribution in [-0.4, -0.2) is 14.8 Å². The van der Waals surface area contributed by atoms with Gasteiger partial charge in [-0.1, -0.05) is 11.6 Å². The summed E-state index contributed by atoms with van der Waals surface area (Å²) in [5.74, 6) is 0.260. The molecule has 0 fully saturated rings. The van der Waals surface area contributed by atoms with E-state index in [-0.39, 0.29) is 11.8 Å². The van der Waals surface area contributed by atoms with Gasteiger partial charge in [0, 0.05) is 15.6 Å². The molecule has 1 heterocycles. The van der Waals surface area contributed by atoms with Gasteiger partial charge in [-0.25, -0.2) is 0 Å². The van der Waals surface area contributed by atoms with E-state index in [1.807, 2.05) is 0 Å². The molecule has 1 aromatic carbocycles. The van der Waals surface area contributed by atoms with E-state index >= 15 is 0 Å². The molecule has 0 bridgehead atoms. The molecule has 2 N–H and O–H groups in total. The number of nitrogens with zero attached hydrogens (tertiary/aromatic N) is 1. The Morgan fingerprint density at radius 1 is 1.05 bits per heavy atom. The van der Waals surface area contributed by atoms with Crippen LogP contribution in [0.15, 0.2) is 22.7 Å². The molecule has 3 nitrogen and oxygen atoms in total. The maximum Gasteiger partial charge on any atom is 0.202 e. The number of hydrogen-bond acceptors (Lipinski definition) is 2. The number of aromatic nitrogens is 1. The molecule has 100 valence electrons. The number of fused-ring (bicyclic) bond motifs is 1. The maximum absolute atomic E-state index is 10.3. The molecule has 0 radical (unpaired) electrons. The van der Waals surface area contributed by atoms with E-state index in [1.54, 1.807) is 18.2 Å². The molecular formula is C14H13BrClNO2. The fraction of sp³-hybridized carbons (Fsp3) is 0.286. The Hall–Kier alpha value is -1.13. The van der Waals surface area contributed by atoms with Gasteiger partial charge in [-0.3, -0.25) is 4.57 Å². The first kappa shape index (κ1) is 12.9. The van der Waals surface area contributed by atoms with Crippen LogP contribution in [0.4, 0.5) is 0 Å². The predicted molar refractivity (Wildman–Crippen MR) is 78.5 cm³/mol. The SMILES string of the molecule is Oc1c2c(c(O)n1-c1ccc(Br)c(Cl)c1)CCCC2. The van der Waals surface area contributed by atoms with Gasteiger partial charge in [-0.2, -0.15) is 0 Å². The van der Waals surface area contributed by atoms with Crippen molar-refractivity contribution in [3.05, 3.63) is 38.8 Å². The third-order valence-corrected chi connectivity index (χ3v) is 4.83. The van der Waals surface area contributed by atoms with Gasteiger partial charge in [0.1, 0.15) is 0 Å². The minimum absolute atomic E-state index is 0.130. The van der Waals surface area contributed by atoms with E-state index in [1.165, 1.54) is 4.57 Å². The summed E-state index contributed by atoms with van der Waals surface area (Å²) in [6.07, 6.45) is 3.72. The van der Waals surface area contributed by atoms with Gasteiger partial charge in [-0.15, -0.1) is 0 Å². The summed E-state index contributed by atoms with van der Waals surface area (Å²) in [5, 5.41) is 21.2. The number of hydrogen-bond donors (Lipinski definition) is 2. The maximum atomic E-state index is 10.3. The van der Waals surface area contributed by atoms with Gasteiger partial charge in [0.2, 0.25) is 11.8 Å². The Labute approximate surface area is 124 Å². The molecule has 5 heteroatoms. The molecule has 0 unspecified atom stereocenters. The van der Waals surface area contributed by atoms with Crippen LogP contribution >= 0.6 is 27.5 Å². The molecule has 1 aromatic heterocycles. The second-order valence-electron chi connectivity index (χ2n) is 4.75. The van der Waals surface area contributed by atoms with E-state index in [4.69, 9.17) is 11.6 Å². The molecule has 0 saturated heterocycles. The second kappa shape index (κ2) is 4.76. The highest BCUT2D eigenvalue weighted by molar-refractivity contribution is 9.10. The largest absolute Gasteiger partial charge is 0.494 e. The summed E-state index contributed by atoms with van der Waals surface area (Å²) in [4.78, 5) is 0. The molecule has 0 spiro atoms. The summed E-state index contributed by atoms with van der Waals surface area (Å²) in [6, 6.07) is 5.33. The number of aromatic hydroxyl groups is 2. The Kier molecular flexibility index (Phi) is 3.23. The first-order valence-corrected chi connectivity index (χ1v) is 7.36. The van der Waals surface area contributed by atoms with Crippen molar-refractivity contribution in [2.45, 2.75) is 25.7 Å². The Bertz CT molecular complexity index is 622. The molecule has 1 aliphatic carbocycles. The lowest BCUT2D eigenvalue weighted by Crippen LogP contribution is -1.98. The standard InChI is InChI=1S/C14H13BrClNO2/c15-11-6-5-8(7-12(11)16)17-13(18)9-3-1-2-4-10(9)14(17)19/h5-7,18-19H,1-4H2. The predicted octanol–water partition coefficient (Wildman–Crippen LogP) is 4.18. The van der Waals surface area contributed by atoms with E-state index in [0.29, 0.717) is 10.7 Å². The molecule has 0 atom stereocenters. The molecule has 1 aliphatic rings. The number of rotatable bonds is 1. The lowest BCUT2D eigenvalue weighted by atomic mass is 9.95. The molecule has 0 saturated carbocycles. The van der Waals surface area contributed by atoms with Gasteiger partial charge < -0.3 is 10.2 Å². The van der Waals surface area contributed by atoms with Crippen LogP contribution in [0, 0.1) is 0 Å². The van der Waals surface area contributed by atoms with Crippen LogP contribution in [0.2, 0.25) is 5.02 Å². The Balaban J connectivity index is 2.19. The second-order valence-corrected chi connectivity index (χ2v) is 6.01. The summed E-state index contributed by atoms with van der Waals surface area (Å²) in [7, 11) is 0. The summed E-state index contributed by atoms with van der Waals surface area (Å²) in [6.45, 7) is 0. The fourth-order valence-corrected chi connectivity index (χ4v) is 3.06. The zero-order valence-electron chi connectivity index (χ0n) is 10.2. The highest BCUT2D eigenvalue weighted by Gasteiger charge is 2.25. The Morgan fingerprint density at radius 3 is 2.16 bits per heavy atom. The van der Waals surface area contributed by atoms with E-state index < -0.39 is 0 Å². The minimum Gasteiger partial charge on any atom is -0.494 e. The molecule has 2 aromatic rings. The van der Waals surface area contributed by atoms with Gasteiger partial charge in [0.05, 0.1) is 10.7 Å². The normalized spacial score (nSPS) is 14.4. The molecule has 0 aliphatic heterocycles. The van der Waals surface area contributed by atoms with Crippen LogP contribution < -0.4 is 0 Å². The average molecular weight is 343 g/mol. The molecule has 19 heavy (non-hydrogen) atoms. The fourth-order valence-electron chi connectivity index (χ4n) is 2.64. The van der Waals surface area contributed by atoms with Crippen LogP contribution in [0.3, 0.4) is 0 Å². The van der Waals surface area contributed by atoms with Crippen molar-refractivity contribution in [2.75, 3.05) is 0 Å². The van der Waals surface area contributed by atoms with Crippen LogP contribution in [0.5, 0.6) is 11.8 Å². The van der Waals surface area contributed by atoms with Crippen LogP contribution in [0.25, 0.3) is 5.69 Å². The summed E-state index contributed by atoms with van der Waals surface area (Å²) < 4.78 is 2.25. The van der Waals surface area contributed by atoms with Crippen LogP contribution in [-0.2, 0) is 12.8 Å². The molecule has 3 rings (SSSR count). The molecule has 0 amide bonds. The Morgan fingerprint density at radius 2 is 1.63 bits per heavy atom. The van der Waals surface area contributed by atoms with Crippen molar-refractivity contribution in [3.63, 3.8) is 0 Å². The van der Waals surface area contributed by atoms with E-state index in [2.05, 4.69) is 15.9 Å². The lowest BCUT2D eigenvalue weighted by molar-refractivity contribution is 0.399. The zero-order valence-corrected chi connectivity index (χ0v) is 12.5. The minimum atomic E-state index is 0.130. The van der Waals surface area contributed by atoms with Crippen molar-refractivity contribution in [2.24, 2.45) is 0 Å². The third kappa shape index (κ3) is 2.03. The van der Waals surface area contributed by atoms with Crippen molar-refractivity contribution in [1.29, 1.82) is 0 Å². The highest BCUT2D eigenvalue weighted by Crippen LogP contribution is 2.41. The van der Waals surface area contributed by atoms with Crippen molar-refractivity contribution >= 4 is 27.5 Å². The van der Waals surface area contributed by atoms with Crippen LogP contribution in [0.1, 0.15) is 24.0 Å². The average Bonchev–Trinajstić information content (AvgIpc) is 2.66. The quantitative estimate of drug-likeness (QED) is 0.816. The third-order valence-electron chi connectivity index (χ3n) is 3.59. The first-order valence-electron chi connectivity index (χ1n) is 6.19. The highest BCUT2D eigenvalue weighted by atomic mass is 79.9. The molecular weight excluding hydrogens is 330 g/mol.